The van der Waals surface area contributed by atoms with Gasteiger partial charge in [0.15, 0.2) is 0 Å². The SMILES string of the molecule is C(/CCc1cccnc1)=C1/OCc2ccccc21. The Kier molecular flexibility index (Phi) is 3.09. The van der Waals surface area contributed by atoms with Crippen LogP contribution in [-0.4, -0.2) is 4.98 Å². The van der Waals surface area contributed by atoms with Crippen molar-refractivity contribution in [3.05, 3.63) is 71.6 Å². The Morgan fingerprint density at radius 2 is 2.11 bits per heavy atom. The maximum Gasteiger partial charge on any atom is 0.123 e. The summed E-state index contributed by atoms with van der Waals surface area (Å²) in [7, 11) is 0. The highest BCUT2D eigenvalue weighted by atomic mass is 16.5. The molecule has 18 heavy (non-hydrogen) atoms. The zero-order valence-corrected chi connectivity index (χ0v) is 10.2. The average molecular weight is 237 g/mol. The topological polar surface area (TPSA) is 22.1 Å². The van der Waals surface area contributed by atoms with Crippen LogP contribution in [0.2, 0.25) is 0 Å². The third kappa shape index (κ3) is 2.28. The van der Waals surface area contributed by atoms with Crippen molar-refractivity contribution in [2.75, 3.05) is 0 Å². The molecule has 0 aliphatic carbocycles. The molecule has 2 heteroatoms. The predicted molar refractivity (Wildman–Crippen MR) is 71.8 cm³/mol. The van der Waals surface area contributed by atoms with Gasteiger partial charge in [-0.05, 0) is 30.5 Å². The number of allylic oxidation sites excluding steroid dienone is 1. The van der Waals surface area contributed by atoms with Crippen molar-refractivity contribution in [1.29, 1.82) is 0 Å². The minimum atomic E-state index is 0.703. The first kappa shape index (κ1) is 11.0. The molecule has 1 aliphatic rings. The van der Waals surface area contributed by atoms with E-state index in [0.717, 1.165) is 18.6 Å². The van der Waals surface area contributed by atoms with Crippen LogP contribution in [0.1, 0.15) is 23.1 Å². The number of ether oxygens (including phenoxy) is 1. The molecule has 2 nitrogen and oxygen atoms in total. The molecular formula is C16H15NO. The van der Waals surface area contributed by atoms with Gasteiger partial charge in [-0.1, -0.05) is 30.3 Å². The van der Waals surface area contributed by atoms with E-state index in [1.807, 2.05) is 12.3 Å². The van der Waals surface area contributed by atoms with Crippen LogP contribution in [0.4, 0.5) is 0 Å². The van der Waals surface area contributed by atoms with Crippen LogP contribution in [0.25, 0.3) is 5.76 Å². The van der Waals surface area contributed by atoms with Crippen molar-refractivity contribution in [2.24, 2.45) is 0 Å². The fraction of sp³-hybridized carbons (Fsp3) is 0.188. The highest BCUT2D eigenvalue weighted by Crippen LogP contribution is 2.29. The molecule has 90 valence electrons. The molecule has 0 saturated heterocycles. The van der Waals surface area contributed by atoms with Gasteiger partial charge in [0.05, 0.1) is 0 Å². The lowest BCUT2D eigenvalue weighted by atomic mass is 10.1. The Labute approximate surface area is 107 Å². The summed E-state index contributed by atoms with van der Waals surface area (Å²) in [6.07, 6.45) is 7.89. The second-order valence-corrected chi connectivity index (χ2v) is 4.41. The van der Waals surface area contributed by atoms with Gasteiger partial charge in [0.2, 0.25) is 0 Å². The van der Waals surface area contributed by atoms with Gasteiger partial charge in [-0.2, -0.15) is 0 Å². The van der Waals surface area contributed by atoms with E-state index >= 15 is 0 Å². The number of aryl methyl sites for hydroxylation is 1. The largest absolute Gasteiger partial charge is 0.489 e. The lowest BCUT2D eigenvalue weighted by Crippen LogP contribution is -1.86. The van der Waals surface area contributed by atoms with Crippen molar-refractivity contribution < 1.29 is 4.74 Å². The molecule has 0 atom stereocenters. The average Bonchev–Trinajstić information content (AvgIpc) is 2.84. The van der Waals surface area contributed by atoms with Crippen molar-refractivity contribution >= 4 is 5.76 Å². The van der Waals surface area contributed by atoms with Crippen LogP contribution in [0.15, 0.2) is 54.9 Å². The van der Waals surface area contributed by atoms with Crippen LogP contribution in [-0.2, 0) is 17.8 Å². The standard InChI is InChI=1S/C16H15NO/c1-2-8-15-14(7-1)12-18-16(15)9-3-5-13-6-4-10-17-11-13/h1-2,4,6-11H,3,5,12H2/b16-9-. The van der Waals surface area contributed by atoms with E-state index in [-0.39, 0.29) is 0 Å². The number of rotatable bonds is 3. The summed E-state index contributed by atoms with van der Waals surface area (Å²) in [6, 6.07) is 12.4. The summed E-state index contributed by atoms with van der Waals surface area (Å²) in [5.41, 5.74) is 3.79. The Morgan fingerprint density at radius 1 is 1.17 bits per heavy atom. The molecular weight excluding hydrogens is 222 g/mol. The fourth-order valence-corrected chi connectivity index (χ4v) is 2.20. The third-order valence-corrected chi connectivity index (χ3v) is 3.15. The normalized spacial score (nSPS) is 15.4. The molecule has 1 aromatic heterocycles. The number of nitrogens with zero attached hydrogens (tertiary/aromatic N) is 1. The molecule has 1 aromatic carbocycles. The summed E-state index contributed by atoms with van der Waals surface area (Å²) in [5.74, 6) is 1.02. The van der Waals surface area contributed by atoms with Crippen LogP contribution < -0.4 is 0 Å². The predicted octanol–water partition coefficient (Wildman–Crippen LogP) is 3.59. The first-order valence-corrected chi connectivity index (χ1v) is 6.23. The van der Waals surface area contributed by atoms with E-state index in [4.69, 9.17) is 4.74 Å². The van der Waals surface area contributed by atoms with E-state index in [1.165, 1.54) is 16.7 Å². The smallest absolute Gasteiger partial charge is 0.123 e. The number of pyridine rings is 1. The maximum atomic E-state index is 5.71. The zero-order chi connectivity index (χ0) is 12.2. The Bertz CT molecular complexity index is 560. The number of benzene rings is 1. The Hall–Kier alpha value is -2.09. The second kappa shape index (κ2) is 5.05. The molecule has 0 saturated carbocycles. The number of hydrogen-bond acceptors (Lipinski definition) is 2. The van der Waals surface area contributed by atoms with E-state index in [1.54, 1.807) is 6.20 Å². The van der Waals surface area contributed by atoms with Crippen LogP contribution in [0, 0.1) is 0 Å². The summed E-state index contributed by atoms with van der Waals surface area (Å²) in [5, 5.41) is 0. The van der Waals surface area contributed by atoms with Gasteiger partial charge in [0, 0.05) is 23.5 Å². The van der Waals surface area contributed by atoms with Gasteiger partial charge in [-0.15, -0.1) is 0 Å². The molecule has 0 amide bonds. The summed E-state index contributed by atoms with van der Waals surface area (Å²) in [4.78, 5) is 4.12. The molecule has 0 fully saturated rings. The Morgan fingerprint density at radius 3 is 3.00 bits per heavy atom. The first-order chi connectivity index (χ1) is 8.93. The number of fused-ring (bicyclic) bond motifs is 1. The van der Waals surface area contributed by atoms with Gasteiger partial charge in [-0.25, -0.2) is 0 Å². The molecule has 3 rings (SSSR count). The van der Waals surface area contributed by atoms with Gasteiger partial charge < -0.3 is 4.74 Å². The highest BCUT2D eigenvalue weighted by Gasteiger charge is 2.15. The van der Waals surface area contributed by atoms with Crippen LogP contribution >= 0.6 is 0 Å². The van der Waals surface area contributed by atoms with Gasteiger partial charge in [-0.3, -0.25) is 4.98 Å². The molecule has 0 spiro atoms. The summed E-state index contributed by atoms with van der Waals surface area (Å²) in [6.45, 7) is 0.703. The minimum absolute atomic E-state index is 0.703. The fourth-order valence-electron chi connectivity index (χ4n) is 2.20. The Balaban J connectivity index is 1.68. The molecule has 1 aliphatic heterocycles. The van der Waals surface area contributed by atoms with Crippen molar-refractivity contribution in [1.82, 2.24) is 4.98 Å². The van der Waals surface area contributed by atoms with E-state index in [0.29, 0.717) is 6.61 Å². The van der Waals surface area contributed by atoms with Crippen LogP contribution in [0.3, 0.4) is 0 Å². The molecule has 0 radical (unpaired) electrons. The molecule has 2 aromatic rings. The van der Waals surface area contributed by atoms with E-state index in [2.05, 4.69) is 41.4 Å². The van der Waals surface area contributed by atoms with Gasteiger partial charge in [0.1, 0.15) is 12.4 Å². The minimum Gasteiger partial charge on any atom is -0.489 e. The first-order valence-electron chi connectivity index (χ1n) is 6.23. The van der Waals surface area contributed by atoms with Crippen LogP contribution in [0.5, 0.6) is 0 Å². The summed E-state index contributed by atoms with van der Waals surface area (Å²) >= 11 is 0. The molecule has 0 N–H and O–H groups in total. The van der Waals surface area contributed by atoms with Crippen molar-refractivity contribution in [2.45, 2.75) is 19.4 Å². The lowest BCUT2D eigenvalue weighted by Gasteiger charge is -2.00. The number of hydrogen-bond donors (Lipinski definition) is 0. The molecule has 2 heterocycles. The number of aromatic nitrogens is 1. The van der Waals surface area contributed by atoms with Gasteiger partial charge >= 0.3 is 0 Å². The highest BCUT2D eigenvalue weighted by molar-refractivity contribution is 5.65. The molecule has 0 bridgehead atoms. The van der Waals surface area contributed by atoms with Gasteiger partial charge in [0.25, 0.3) is 0 Å². The van der Waals surface area contributed by atoms with E-state index < -0.39 is 0 Å². The lowest BCUT2D eigenvalue weighted by molar-refractivity contribution is 0.284. The second-order valence-electron chi connectivity index (χ2n) is 4.41. The van der Waals surface area contributed by atoms with E-state index in [9.17, 15) is 0 Å². The monoisotopic (exact) mass is 237 g/mol. The van der Waals surface area contributed by atoms with Crippen molar-refractivity contribution in [3.8, 4) is 0 Å². The maximum absolute atomic E-state index is 5.71. The molecule has 0 unspecified atom stereocenters. The third-order valence-electron chi connectivity index (χ3n) is 3.15. The summed E-state index contributed by atoms with van der Waals surface area (Å²) < 4.78 is 5.71. The zero-order valence-electron chi connectivity index (χ0n) is 10.2. The quantitative estimate of drug-likeness (QED) is 0.814. The van der Waals surface area contributed by atoms with Crippen molar-refractivity contribution in [3.63, 3.8) is 0 Å².